The maximum atomic E-state index is 13.3. The number of aldehydes is 1. The van der Waals surface area contributed by atoms with Gasteiger partial charge in [0.25, 0.3) is 0 Å². The molecule has 2 aliphatic heterocycles. The number of carbonyl (C=O) groups is 2. The van der Waals surface area contributed by atoms with Crippen LogP contribution < -0.4 is 15.5 Å². The first-order valence-electron chi connectivity index (χ1n) is 12.9. The highest BCUT2D eigenvalue weighted by molar-refractivity contribution is 6.01. The molecule has 0 bridgehead atoms. The Morgan fingerprint density at radius 1 is 1.33 bits per heavy atom. The van der Waals surface area contributed by atoms with Crippen LogP contribution in [0.3, 0.4) is 0 Å². The van der Waals surface area contributed by atoms with Crippen molar-refractivity contribution in [2.45, 2.75) is 37.8 Å². The Morgan fingerprint density at radius 2 is 2.18 bits per heavy atom. The number of amides is 2. The van der Waals surface area contributed by atoms with Crippen LogP contribution >= 0.6 is 0 Å². The zero-order chi connectivity index (χ0) is 27.4. The van der Waals surface area contributed by atoms with E-state index < -0.39 is 11.6 Å². The summed E-state index contributed by atoms with van der Waals surface area (Å²) in [7, 11) is 1.58. The molecular weight excluding hydrogens is 502 g/mol. The van der Waals surface area contributed by atoms with E-state index in [4.69, 9.17) is 9.47 Å². The normalized spacial score (nSPS) is 17.2. The lowest BCUT2D eigenvalue weighted by Crippen LogP contribution is -2.42. The largest absolute Gasteiger partial charge is 0.383 e. The summed E-state index contributed by atoms with van der Waals surface area (Å²) in [5, 5.41) is 15.3. The van der Waals surface area contributed by atoms with Crippen LogP contribution in [0.4, 0.5) is 22.1 Å². The molecule has 1 aliphatic carbocycles. The van der Waals surface area contributed by atoms with Crippen molar-refractivity contribution in [2.24, 2.45) is 0 Å². The van der Waals surface area contributed by atoms with Crippen molar-refractivity contribution in [1.82, 2.24) is 14.9 Å². The molecular formula is C27H29N7O5. The number of methoxy groups -OCH3 is 1. The van der Waals surface area contributed by atoms with Crippen molar-refractivity contribution < 1.29 is 23.9 Å². The van der Waals surface area contributed by atoms with E-state index in [1.54, 1.807) is 13.2 Å². The Balaban J connectivity index is 1.36. The van der Waals surface area contributed by atoms with E-state index in [-0.39, 0.29) is 11.5 Å². The number of nitrogens with zero attached hydrogens (tertiary/aromatic N) is 5. The summed E-state index contributed by atoms with van der Waals surface area (Å²) in [6.45, 7) is 2.72. The van der Waals surface area contributed by atoms with Crippen LogP contribution in [0.15, 0.2) is 24.0 Å². The number of hydrogen-bond donors (Lipinski definition) is 2. The minimum absolute atomic E-state index is 0.219. The maximum absolute atomic E-state index is 13.3. The van der Waals surface area contributed by atoms with Crippen molar-refractivity contribution in [3.63, 3.8) is 0 Å². The molecule has 39 heavy (non-hydrogen) atoms. The quantitative estimate of drug-likeness (QED) is 0.295. The standard InChI is InChI=1S/C27H29N7O5/c1-38-9-6-29-21-12-24(30-14-20(21)13-28)32-26(37)34-7-2-3-18-11-19(22(16-35)31-25(18)34)15-33-8-10-39-27(4-5-27)23(33)17-36/h11-12,14,16H,2-10,15H2,1H3,(H2,29,30,32,37). The van der Waals surface area contributed by atoms with Crippen molar-refractivity contribution in [3.05, 3.63) is 46.4 Å². The lowest BCUT2D eigenvalue weighted by atomic mass is 10.0. The Labute approximate surface area is 225 Å². The van der Waals surface area contributed by atoms with Crippen LogP contribution in [0.5, 0.6) is 0 Å². The van der Waals surface area contributed by atoms with E-state index in [0.717, 1.165) is 18.4 Å². The van der Waals surface area contributed by atoms with Gasteiger partial charge in [0, 0.05) is 51.1 Å². The average Bonchev–Trinajstić information content (AvgIpc) is 3.72. The molecule has 0 atom stereocenters. The molecule has 2 amide bonds. The number of fused-ring (bicyclic) bond motifs is 1. The molecule has 0 radical (unpaired) electrons. The van der Waals surface area contributed by atoms with Gasteiger partial charge in [0.15, 0.2) is 6.29 Å². The zero-order valence-corrected chi connectivity index (χ0v) is 21.7. The molecule has 2 N–H and O–H groups in total. The van der Waals surface area contributed by atoms with E-state index in [9.17, 15) is 19.6 Å². The summed E-state index contributed by atoms with van der Waals surface area (Å²) < 4.78 is 10.9. The van der Waals surface area contributed by atoms with Gasteiger partial charge in [-0.25, -0.2) is 19.6 Å². The molecule has 12 nitrogen and oxygen atoms in total. The van der Waals surface area contributed by atoms with Crippen LogP contribution in [0.1, 0.15) is 46.4 Å². The van der Waals surface area contributed by atoms with Crippen LogP contribution in [-0.4, -0.2) is 78.7 Å². The lowest BCUT2D eigenvalue weighted by Gasteiger charge is -2.36. The number of anilines is 3. The number of morpholine rings is 1. The number of rotatable bonds is 8. The molecule has 1 saturated carbocycles. The highest BCUT2D eigenvalue weighted by Crippen LogP contribution is 2.48. The minimum Gasteiger partial charge on any atom is -0.383 e. The molecule has 0 unspecified atom stereocenters. The summed E-state index contributed by atoms with van der Waals surface area (Å²) in [6.07, 6.45) is 5.07. The van der Waals surface area contributed by atoms with Gasteiger partial charge in [-0.15, -0.1) is 0 Å². The number of ether oxygens (including phenoxy) is 2. The third-order valence-corrected chi connectivity index (χ3v) is 7.16. The zero-order valence-electron chi connectivity index (χ0n) is 21.7. The highest BCUT2D eigenvalue weighted by Gasteiger charge is 2.53. The molecule has 4 heterocycles. The van der Waals surface area contributed by atoms with E-state index in [1.807, 2.05) is 11.0 Å². The first-order chi connectivity index (χ1) is 19.0. The lowest BCUT2D eigenvalue weighted by molar-refractivity contribution is -0.0102. The molecule has 2 fully saturated rings. The van der Waals surface area contributed by atoms with Crippen LogP contribution in [-0.2, 0) is 27.2 Å². The molecule has 3 aliphatic rings. The third-order valence-electron chi connectivity index (χ3n) is 7.16. The summed E-state index contributed by atoms with van der Waals surface area (Å²) in [5.41, 5.74) is 2.60. The Morgan fingerprint density at radius 3 is 2.90 bits per heavy atom. The number of aryl methyl sites for hydroxylation is 1. The molecule has 1 saturated heterocycles. The first-order valence-corrected chi connectivity index (χ1v) is 12.9. The Hall–Kier alpha value is -4.30. The van der Waals surface area contributed by atoms with Crippen molar-refractivity contribution in [2.75, 3.05) is 55.5 Å². The second kappa shape index (κ2) is 11.2. The highest BCUT2D eigenvalue weighted by atomic mass is 16.5. The molecule has 2 aromatic heterocycles. The van der Waals surface area contributed by atoms with Gasteiger partial charge >= 0.3 is 6.03 Å². The summed E-state index contributed by atoms with van der Waals surface area (Å²) in [6, 6.07) is 5.13. The molecule has 5 rings (SSSR count). The fourth-order valence-corrected chi connectivity index (χ4v) is 5.04. The van der Waals surface area contributed by atoms with Crippen molar-refractivity contribution in [3.8, 4) is 6.07 Å². The maximum Gasteiger partial charge on any atom is 0.328 e. The predicted octanol–water partition coefficient (Wildman–Crippen LogP) is 2.28. The molecule has 0 aromatic carbocycles. The molecule has 202 valence electrons. The third kappa shape index (κ3) is 5.33. The van der Waals surface area contributed by atoms with Crippen LogP contribution in [0.2, 0.25) is 0 Å². The number of hydrogen-bond acceptors (Lipinski definition) is 10. The number of carbonyl (C=O) groups excluding carboxylic acids is 3. The number of nitrogens with one attached hydrogen (secondary N) is 2. The van der Waals surface area contributed by atoms with Gasteiger partial charge in [0.2, 0.25) is 0 Å². The monoisotopic (exact) mass is 531 g/mol. The molecule has 1 spiro atoms. The molecule has 12 heteroatoms. The predicted molar refractivity (Wildman–Crippen MR) is 141 cm³/mol. The van der Waals surface area contributed by atoms with Crippen molar-refractivity contribution in [1.29, 1.82) is 5.26 Å². The summed E-state index contributed by atoms with van der Waals surface area (Å²) in [4.78, 5) is 49.3. The van der Waals surface area contributed by atoms with E-state index in [0.29, 0.717) is 86.8 Å². The van der Waals surface area contributed by atoms with Gasteiger partial charge in [-0.05, 0) is 37.3 Å². The van der Waals surface area contributed by atoms with Crippen molar-refractivity contribution >= 4 is 35.6 Å². The first kappa shape index (κ1) is 26.3. The second-order valence-electron chi connectivity index (χ2n) is 9.68. The van der Waals surface area contributed by atoms with Gasteiger partial charge < -0.3 is 19.7 Å². The fourth-order valence-electron chi connectivity index (χ4n) is 5.04. The fraction of sp³-hybridized carbons (Fsp3) is 0.444. The number of nitriles is 1. The van der Waals surface area contributed by atoms with E-state index in [1.165, 1.54) is 11.1 Å². The average molecular weight is 532 g/mol. The van der Waals surface area contributed by atoms with Gasteiger partial charge in [-0.1, -0.05) is 0 Å². The smallest absolute Gasteiger partial charge is 0.328 e. The summed E-state index contributed by atoms with van der Waals surface area (Å²) >= 11 is 0. The van der Waals surface area contributed by atoms with E-state index in [2.05, 4.69) is 32.6 Å². The van der Waals surface area contributed by atoms with Gasteiger partial charge in [-0.2, -0.15) is 5.26 Å². The Kier molecular flexibility index (Phi) is 7.56. The second-order valence-corrected chi connectivity index (χ2v) is 9.68. The summed E-state index contributed by atoms with van der Waals surface area (Å²) in [5.74, 6) is 2.75. The number of pyridine rings is 2. The SMILES string of the molecule is COCCNc1cc(NC(=O)N2CCCc3cc(CN4CCOC5(CC5)C4=C=O)c(C=O)nc32)ncc1C#N. The minimum atomic E-state index is -0.531. The molecule has 2 aromatic rings. The topological polar surface area (TPSA) is 150 Å². The van der Waals surface area contributed by atoms with E-state index >= 15 is 0 Å². The Bertz CT molecular complexity index is 1380. The van der Waals surface area contributed by atoms with Gasteiger partial charge in [-0.3, -0.25) is 15.0 Å². The van der Waals surface area contributed by atoms with Gasteiger partial charge in [0.05, 0.1) is 24.5 Å². The van der Waals surface area contributed by atoms with Crippen LogP contribution in [0.25, 0.3) is 0 Å². The van der Waals surface area contributed by atoms with Gasteiger partial charge in [0.1, 0.15) is 40.6 Å². The number of aromatic nitrogens is 2. The number of urea groups is 1. The van der Waals surface area contributed by atoms with Crippen LogP contribution in [0, 0.1) is 11.3 Å².